The van der Waals surface area contributed by atoms with Crippen LogP contribution in [0.2, 0.25) is 0 Å². The molecular weight excluding hydrogens is 645 g/mol. The second kappa shape index (κ2) is 15.2. The highest BCUT2D eigenvalue weighted by atomic mass is 32.1. The largest absolute Gasteiger partial charge is 0.466 e. The van der Waals surface area contributed by atoms with Gasteiger partial charge in [0.25, 0.3) is 0 Å². The van der Waals surface area contributed by atoms with Gasteiger partial charge in [-0.25, -0.2) is 19.3 Å². The number of hydrogen-bond acceptors (Lipinski definition) is 11. The zero-order chi connectivity index (χ0) is 33.7. The number of halogens is 5. The summed E-state index contributed by atoms with van der Waals surface area (Å²) >= 11 is 1.16. The Hall–Kier alpha value is -3.47. The summed E-state index contributed by atoms with van der Waals surface area (Å²) in [6.45, 7) is 7.50. The number of rotatable bonds is 12. The Morgan fingerprint density at radius 1 is 1.13 bits per heavy atom. The van der Waals surface area contributed by atoms with Crippen molar-refractivity contribution in [1.29, 1.82) is 0 Å². The van der Waals surface area contributed by atoms with E-state index in [1.165, 1.54) is 6.33 Å². The van der Waals surface area contributed by atoms with Crippen molar-refractivity contribution >= 4 is 34.1 Å². The zero-order valence-electron chi connectivity index (χ0n) is 26.4. The fourth-order valence-corrected chi connectivity index (χ4v) is 7.02. The SMILES string of the molecule is CCOC(=O)CCN1CCN(c2ncnc(Nc3nc(-c4cc(F)cc(C(F)(F)F)c4)c(CN4CCC[C@H]4C)s3)c2F)C[C@@H]1COC. The highest BCUT2D eigenvalue weighted by Crippen LogP contribution is 2.39. The number of carbonyl (C=O) groups excluding carboxylic acids is 1. The third kappa shape index (κ3) is 8.52. The molecule has 2 aliphatic heterocycles. The standard InChI is InChI=1S/C31H38F5N7O3S/c1-4-46-25(44)7-9-41-10-11-43(15-23(41)17-45-3)29-26(33)28(37-18-38-29)40-30-39-27(24(47-30)16-42-8-5-6-19(42)2)20-12-21(31(34,35)36)14-22(32)13-20/h12-14,18-19,23H,4-11,15-17H2,1-3H3,(H,37,38,39,40)/t19-,23-/m1/s1. The molecule has 1 aromatic carbocycles. The number of esters is 1. The molecule has 47 heavy (non-hydrogen) atoms. The van der Waals surface area contributed by atoms with E-state index in [2.05, 4.69) is 37.0 Å². The van der Waals surface area contributed by atoms with Crippen LogP contribution in [0.25, 0.3) is 11.3 Å². The van der Waals surface area contributed by atoms with Gasteiger partial charge < -0.3 is 19.7 Å². The number of alkyl halides is 3. The molecule has 4 heterocycles. The summed E-state index contributed by atoms with van der Waals surface area (Å²) in [5.74, 6) is -2.13. The maximum atomic E-state index is 16.0. The van der Waals surface area contributed by atoms with Gasteiger partial charge in [0.1, 0.15) is 12.1 Å². The maximum Gasteiger partial charge on any atom is 0.416 e. The van der Waals surface area contributed by atoms with E-state index in [1.807, 2.05) is 0 Å². The van der Waals surface area contributed by atoms with E-state index in [0.29, 0.717) is 56.9 Å². The number of benzene rings is 1. The lowest BCUT2D eigenvalue weighted by Gasteiger charge is -2.41. The Morgan fingerprint density at radius 2 is 1.94 bits per heavy atom. The second-order valence-electron chi connectivity index (χ2n) is 11.6. The van der Waals surface area contributed by atoms with Crippen molar-refractivity contribution in [2.75, 3.05) is 63.3 Å². The monoisotopic (exact) mass is 683 g/mol. The van der Waals surface area contributed by atoms with Gasteiger partial charge in [-0.1, -0.05) is 11.3 Å². The number of piperazine rings is 1. The minimum absolute atomic E-state index is 0.0164. The molecule has 0 bridgehead atoms. The number of nitrogens with one attached hydrogen (secondary N) is 1. The Morgan fingerprint density at radius 3 is 2.64 bits per heavy atom. The molecule has 0 radical (unpaired) electrons. The third-order valence-corrected chi connectivity index (χ3v) is 9.36. The lowest BCUT2D eigenvalue weighted by molar-refractivity contribution is -0.143. The number of likely N-dealkylation sites (tertiary alicyclic amines) is 1. The summed E-state index contributed by atoms with van der Waals surface area (Å²) in [7, 11) is 1.57. The molecule has 0 amide bonds. The smallest absolute Gasteiger partial charge is 0.416 e. The van der Waals surface area contributed by atoms with E-state index in [9.17, 15) is 22.4 Å². The second-order valence-corrected chi connectivity index (χ2v) is 12.7. The summed E-state index contributed by atoms with van der Waals surface area (Å²) in [6, 6.07) is 2.47. The van der Waals surface area contributed by atoms with Crippen LogP contribution >= 0.6 is 11.3 Å². The van der Waals surface area contributed by atoms with Gasteiger partial charge >= 0.3 is 12.1 Å². The lowest BCUT2D eigenvalue weighted by Crippen LogP contribution is -2.55. The van der Waals surface area contributed by atoms with Gasteiger partial charge in [-0.3, -0.25) is 14.6 Å². The Labute approximate surface area is 273 Å². The molecule has 2 fully saturated rings. The Balaban J connectivity index is 1.39. The van der Waals surface area contributed by atoms with Crippen LogP contribution in [0.3, 0.4) is 0 Å². The quantitative estimate of drug-likeness (QED) is 0.189. The van der Waals surface area contributed by atoms with Crippen LogP contribution in [0.15, 0.2) is 24.5 Å². The first-order chi connectivity index (χ1) is 22.5. The number of nitrogens with zero attached hydrogens (tertiary/aromatic N) is 6. The molecule has 10 nitrogen and oxygen atoms in total. The predicted octanol–water partition coefficient (Wildman–Crippen LogP) is 5.72. The number of hydrogen-bond donors (Lipinski definition) is 1. The lowest BCUT2D eigenvalue weighted by atomic mass is 10.1. The molecule has 5 rings (SSSR count). The van der Waals surface area contributed by atoms with Crippen molar-refractivity contribution in [1.82, 2.24) is 24.8 Å². The first-order valence-electron chi connectivity index (χ1n) is 15.5. The van der Waals surface area contributed by atoms with Crippen LogP contribution in [-0.4, -0.2) is 95.9 Å². The zero-order valence-corrected chi connectivity index (χ0v) is 27.3. The van der Waals surface area contributed by atoms with E-state index in [0.717, 1.165) is 42.9 Å². The van der Waals surface area contributed by atoms with Crippen molar-refractivity contribution in [2.24, 2.45) is 0 Å². The van der Waals surface area contributed by atoms with Crippen molar-refractivity contribution in [3.63, 3.8) is 0 Å². The van der Waals surface area contributed by atoms with Gasteiger partial charge in [0.15, 0.2) is 16.8 Å². The van der Waals surface area contributed by atoms with Gasteiger partial charge in [-0.05, 0) is 51.4 Å². The fraction of sp³-hybridized carbons (Fsp3) is 0.548. The molecule has 0 spiro atoms. The molecule has 0 saturated carbocycles. The first kappa shape index (κ1) is 34.9. The van der Waals surface area contributed by atoms with Crippen LogP contribution in [0.1, 0.15) is 43.6 Å². The predicted molar refractivity (Wildman–Crippen MR) is 168 cm³/mol. The van der Waals surface area contributed by atoms with Crippen LogP contribution in [-0.2, 0) is 27.0 Å². The molecule has 2 aliphatic rings. The van der Waals surface area contributed by atoms with Crippen molar-refractivity contribution in [3.05, 3.63) is 46.6 Å². The Kier molecular flexibility index (Phi) is 11.3. The highest BCUT2D eigenvalue weighted by Gasteiger charge is 2.33. The van der Waals surface area contributed by atoms with Gasteiger partial charge in [-0.15, -0.1) is 0 Å². The molecule has 3 aromatic rings. The minimum atomic E-state index is -4.74. The minimum Gasteiger partial charge on any atom is -0.466 e. The fourth-order valence-electron chi connectivity index (χ4n) is 6.01. The summed E-state index contributed by atoms with van der Waals surface area (Å²) in [5, 5.41) is 3.10. The van der Waals surface area contributed by atoms with E-state index < -0.39 is 23.4 Å². The molecule has 2 aromatic heterocycles. The first-order valence-corrected chi connectivity index (χ1v) is 16.3. The van der Waals surface area contributed by atoms with Crippen molar-refractivity contribution in [3.8, 4) is 11.3 Å². The van der Waals surface area contributed by atoms with Gasteiger partial charge in [0.2, 0.25) is 5.82 Å². The molecule has 2 saturated heterocycles. The van der Waals surface area contributed by atoms with E-state index in [4.69, 9.17) is 9.47 Å². The van der Waals surface area contributed by atoms with Gasteiger partial charge in [-0.2, -0.15) is 17.6 Å². The Bertz CT molecular complexity index is 1540. The normalized spacial score (nSPS) is 19.4. The van der Waals surface area contributed by atoms with Crippen molar-refractivity contribution in [2.45, 2.75) is 57.9 Å². The summed E-state index contributed by atoms with van der Waals surface area (Å²) in [6.07, 6.45) is -1.32. The van der Waals surface area contributed by atoms with Crippen LogP contribution in [0, 0.1) is 11.6 Å². The summed E-state index contributed by atoms with van der Waals surface area (Å²) < 4.78 is 81.6. The average Bonchev–Trinajstić information content (AvgIpc) is 3.62. The average molecular weight is 684 g/mol. The molecular formula is C31H38F5N7O3S. The number of methoxy groups -OCH3 is 1. The number of aromatic nitrogens is 3. The van der Waals surface area contributed by atoms with Crippen LogP contribution in [0.4, 0.5) is 38.7 Å². The van der Waals surface area contributed by atoms with E-state index in [-0.39, 0.29) is 52.5 Å². The van der Waals surface area contributed by atoms with Crippen LogP contribution < -0.4 is 10.2 Å². The van der Waals surface area contributed by atoms with Gasteiger partial charge in [0.05, 0.1) is 36.9 Å². The molecule has 0 unspecified atom stereocenters. The van der Waals surface area contributed by atoms with E-state index >= 15 is 4.39 Å². The van der Waals surface area contributed by atoms with Crippen LogP contribution in [0.5, 0.6) is 0 Å². The molecule has 16 heteroatoms. The van der Waals surface area contributed by atoms with E-state index in [1.54, 1.807) is 18.9 Å². The topological polar surface area (TPSA) is 96.0 Å². The molecule has 2 atom stereocenters. The maximum absolute atomic E-state index is 16.0. The number of ether oxygens (including phenoxy) is 2. The molecule has 1 N–H and O–H groups in total. The summed E-state index contributed by atoms with van der Waals surface area (Å²) in [5.41, 5.74) is -0.940. The number of anilines is 3. The van der Waals surface area contributed by atoms with Crippen molar-refractivity contribution < 1.29 is 36.2 Å². The summed E-state index contributed by atoms with van der Waals surface area (Å²) in [4.78, 5) is 31.4. The highest BCUT2D eigenvalue weighted by molar-refractivity contribution is 7.16. The molecule has 256 valence electrons. The van der Waals surface area contributed by atoms with Gasteiger partial charge in [0, 0.05) is 56.3 Å². The number of thiazole rings is 1. The third-order valence-electron chi connectivity index (χ3n) is 8.40. The molecule has 0 aliphatic carbocycles. The number of carbonyl (C=O) groups is 1.